The standard InChI is InChI=1S/C16H16ClNO2/c1-11(12-5-3-2-4-6-12)10-18-15-8-7-13(16(19)20)9-14(15)17/h2-9,11,18H,10H2,1H3,(H,19,20). The molecule has 1 atom stereocenters. The van der Waals surface area contributed by atoms with Gasteiger partial charge in [-0.3, -0.25) is 0 Å². The summed E-state index contributed by atoms with van der Waals surface area (Å²) in [5.74, 6) is -0.637. The molecule has 0 aromatic heterocycles. The van der Waals surface area contributed by atoms with Gasteiger partial charge in [0.2, 0.25) is 0 Å². The topological polar surface area (TPSA) is 49.3 Å². The maximum Gasteiger partial charge on any atom is 0.335 e. The zero-order chi connectivity index (χ0) is 14.5. The second kappa shape index (κ2) is 6.44. The molecule has 0 aliphatic carbocycles. The fourth-order valence-electron chi connectivity index (χ4n) is 1.95. The molecule has 2 N–H and O–H groups in total. The summed E-state index contributed by atoms with van der Waals surface area (Å²) < 4.78 is 0. The van der Waals surface area contributed by atoms with Gasteiger partial charge in [-0.05, 0) is 29.7 Å². The van der Waals surface area contributed by atoms with Crippen molar-refractivity contribution in [1.82, 2.24) is 0 Å². The Morgan fingerprint density at radius 3 is 2.55 bits per heavy atom. The monoisotopic (exact) mass is 289 g/mol. The first kappa shape index (κ1) is 14.4. The minimum absolute atomic E-state index is 0.191. The van der Waals surface area contributed by atoms with E-state index in [9.17, 15) is 4.79 Å². The number of carboxylic acid groups (broad SMARTS) is 1. The molecule has 2 rings (SSSR count). The Bertz CT molecular complexity index is 599. The summed E-state index contributed by atoms with van der Waals surface area (Å²) in [7, 11) is 0. The summed E-state index contributed by atoms with van der Waals surface area (Å²) in [5, 5.41) is 12.6. The molecule has 0 amide bonds. The van der Waals surface area contributed by atoms with Gasteiger partial charge in [-0.25, -0.2) is 4.79 Å². The van der Waals surface area contributed by atoms with E-state index in [1.165, 1.54) is 11.6 Å². The van der Waals surface area contributed by atoms with Gasteiger partial charge in [0.05, 0.1) is 16.3 Å². The first-order valence-electron chi connectivity index (χ1n) is 6.39. The Labute approximate surface area is 123 Å². The molecule has 0 saturated carbocycles. The van der Waals surface area contributed by atoms with Gasteiger partial charge in [0.25, 0.3) is 0 Å². The van der Waals surface area contributed by atoms with Crippen molar-refractivity contribution in [2.75, 3.05) is 11.9 Å². The van der Waals surface area contributed by atoms with Crippen LogP contribution < -0.4 is 5.32 Å². The van der Waals surface area contributed by atoms with E-state index in [4.69, 9.17) is 16.7 Å². The fourth-order valence-corrected chi connectivity index (χ4v) is 2.20. The Balaban J connectivity index is 2.02. The number of benzene rings is 2. The lowest BCUT2D eigenvalue weighted by Crippen LogP contribution is -2.10. The third-order valence-corrected chi connectivity index (χ3v) is 3.50. The van der Waals surface area contributed by atoms with Crippen molar-refractivity contribution >= 4 is 23.3 Å². The summed E-state index contributed by atoms with van der Waals surface area (Å²) in [6, 6.07) is 14.9. The number of halogens is 1. The molecule has 2 aromatic carbocycles. The van der Waals surface area contributed by atoms with Gasteiger partial charge >= 0.3 is 5.97 Å². The van der Waals surface area contributed by atoms with E-state index in [2.05, 4.69) is 24.4 Å². The molecule has 0 aliphatic rings. The maximum atomic E-state index is 10.8. The van der Waals surface area contributed by atoms with Gasteiger partial charge in [0, 0.05) is 6.54 Å². The normalized spacial score (nSPS) is 11.9. The minimum Gasteiger partial charge on any atom is -0.478 e. The van der Waals surface area contributed by atoms with Crippen molar-refractivity contribution in [1.29, 1.82) is 0 Å². The Hall–Kier alpha value is -2.00. The quantitative estimate of drug-likeness (QED) is 0.865. The zero-order valence-electron chi connectivity index (χ0n) is 11.1. The number of carboxylic acids is 1. The highest BCUT2D eigenvalue weighted by Gasteiger charge is 2.09. The number of nitrogens with one attached hydrogen (secondary N) is 1. The summed E-state index contributed by atoms with van der Waals surface area (Å²) in [6.07, 6.45) is 0. The lowest BCUT2D eigenvalue weighted by molar-refractivity contribution is 0.0697. The third kappa shape index (κ3) is 3.52. The molecule has 0 fully saturated rings. The number of anilines is 1. The Morgan fingerprint density at radius 1 is 1.25 bits per heavy atom. The van der Waals surface area contributed by atoms with E-state index in [1.807, 2.05) is 18.2 Å². The molecule has 2 aromatic rings. The van der Waals surface area contributed by atoms with Crippen molar-refractivity contribution in [3.8, 4) is 0 Å². The molecular weight excluding hydrogens is 274 g/mol. The molecule has 0 saturated heterocycles. The second-order valence-electron chi connectivity index (χ2n) is 4.69. The highest BCUT2D eigenvalue weighted by Crippen LogP contribution is 2.24. The second-order valence-corrected chi connectivity index (χ2v) is 5.10. The molecule has 104 valence electrons. The number of hydrogen-bond donors (Lipinski definition) is 2. The molecule has 0 aliphatic heterocycles. The van der Waals surface area contributed by atoms with Crippen LogP contribution in [0.15, 0.2) is 48.5 Å². The smallest absolute Gasteiger partial charge is 0.335 e. The van der Waals surface area contributed by atoms with Crippen LogP contribution in [-0.2, 0) is 0 Å². The van der Waals surface area contributed by atoms with E-state index >= 15 is 0 Å². The molecule has 1 unspecified atom stereocenters. The number of aromatic carboxylic acids is 1. The summed E-state index contributed by atoms with van der Waals surface area (Å²) in [4.78, 5) is 10.8. The first-order chi connectivity index (χ1) is 9.58. The van der Waals surface area contributed by atoms with Crippen molar-refractivity contribution in [3.05, 3.63) is 64.7 Å². The van der Waals surface area contributed by atoms with Crippen LogP contribution in [0.3, 0.4) is 0 Å². The number of hydrogen-bond acceptors (Lipinski definition) is 2. The average molecular weight is 290 g/mol. The fraction of sp³-hybridized carbons (Fsp3) is 0.188. The lowest BCUT2D eigenvalue weighted by atomic mass is 10.0. The zero-order valence-corrected chi connectivity index (χ0v) is 11.9. The highest BCUT2D eigenvalue weighted by molar-refractivity contribution is 6.33. The van der Waals surface area contributed by atoms with Crippen LogP contribution in [0.25, 0.3) is 0 Å². The van der Waals surface area contributed by atoms with Gasteiger partial charge in [-0.2, -0.15) is 0 Å². The molecule has 0 heterocycles. The molecule has 3 nitrogen and oxygen atoms in total. The van der Waals surface area contributed by atoms with E-state index in [0.29, 0.717) is 10.9 Å². The molecular formula is C16H16ClNO2. The van der Waals surface area contributed by atoms with Gasteiger partial charge in [-0.15, -0.1) is 0 Å². The SMILES string of the molecule is CC(CNc1ccc(C(=O)O)cc1Cl)c1ccccc1. The van der Waals surface area contributed by atoms with Gasteiger partial charge in [0.1, 0.15) is 0 Å². The summed E-state index contributed by atoms with van der Waals surface area (Å²) >= 11 is 6.08. The minimum atomic E-state index is -0.976. The van der Waals surface area contributed by atoms with Crippen LogP contribution >= 0.6 is 11.6 Å². The van der Waals surface area contributed by atoms with Crippen LogP contribution in [0, 0.1) is 0 Å². The van der Waals surface area contributed by atoms with E-state index in [1.54, 1.807) is 12.1 Å². The van der Waals surface area contributed by atoms with Gasteiger partial charge in [0.15, 0.2) is 0 Å². The molecule has 0 radical (unpaired) electrons. The molecule has 0 bridgehead atoms. The predicted molar refractivity (Wildman–Crippen MR) is 81.8 cm³/mol. The number of carbonyl (C=O) groups is 1. The largest absolute Gasteiger partial charge is 0.478 e. The van der Waals surface area contributed by atoms with Gasteiger partial charge < -0.3 is 10.4 Å². The van der Waals surface area contributed by atoms with E-state index < -0.39 is 5.97 Å². The predicted octanol–water partition coefficient (Wildman–Crippen LogP) is 4.25. The van der Waals surface area contributed by atoms with Crippen LogP contribution in [0.1, 0.15) is 28.8 Å². The molecule has 20 heavy (non-hydrogen) atoms. The summed E-state index contributed by atoms with van der Waals surface area (Å²) in [6.45, 7) is 2.86. The van der Waals surface area contributed by atoms with Crippen LogP contribution in [0.4, 0.5) is 5.69 Å². The van der Waals surface area contributed by atoms with E-state index in [0.717, 1.165) is 12.2 Å². The average Bonchev–Trinajstić information content (AvgIpc) is 2.46. The van der Waals surface area contributed by atoms with Crippen molar-refractivity contribution in [2.24, 2.45) is 0 Å². The van der Waals surface area contributed by atoms with Crippen LogP contribution in [0.5, 0.6) is 0 Å². The molecule has 0 spiro atoms. The molecule has 4 heteroatoms. The summed E-state index contributed by atoms with van der Waals surface area (Å²) in [5.41, 5.74) is 2.19. The van der Waals surface area contributed by atoms with E-state index in [-0.39, 0.29) is 5.56 Å². The van der Waals surface area contributed by atoms with Crippen molar-refractivity contribution in [3.63, 3.8) is 0 Å². The van der Waals surface area contributed by atoms with Gasteiger partial charge in [-0.1, -0.05) is 48.9 Å². The highest BCUT2D eigenvalue weighted by atomic mass is 35.5. The Morgan fingerprint density at radius 2 is 1.95 bits per heavy atom. The first-order valence-corrected chi connectivity index (χ1v) is 6.77. The Kier molecular flexibility index (Phi) is 4.64. The van der Waals surface area contributed by atoms with Crippen molar-refractivity contribution in [2.45, 2.75) is 12.8 Å². The number of rotatable bonds is 5. The lowest BCUT2D eigenvalue weighted by Gasteiger charge is -2.15. The maximum absolute atomic E-state index is 10.8. The van der Waals surface area contributed by atoms with Crippen LogP contribution in [-0.4, -0.2) is 17.6 Å². The third-order valence-electron chi connectivity index (χ3n) is 3.18. The van der Waals surface area contributed by atoms with Crippen molar-refractivity contribution < 1.29 is 9.90 Å². The van der Waals surface area contributed by atoms with Crippen LogP contribution in [0.2, 0.25) is 5.02 Å².